The predicted octanol–water partition coefficient (Wildman–Crippen LogP) is 0.746. The van der Waals surface area contributed by atoms with Crippen molar-refractivity contribution >= 4 is 5.91 Å². The van der Waals surface area contributed by atoms with Crippen molar-refractivity contribution in [2.24, 2.45) is 0 Å². The third-order valence-corrected chi connectivity index (χ3v) is 4.11. The van der Waals surface area contributed by atoms with E-state index in [2.05, 4.69) is 22.5 Å². The van der Waals surface area contributed by atoms with E-state index in [4.69, 9.17) is 4.74 Å². The second-order valence-electron chi connectivity index (χ2n) is 6.05. The van der Waals surface area contributed by atoms with Crippen molar-refractivity contribution in [3.8, 4) is 0 Å². The Labute approximate surface area is 122 Å². The van der Waals surface area contributed by atoms with Gasteiger partial charge in [-0.2, -0.15) is 0 Å². The zero-order valence-electron chi connectivity index (χ0n) is 12.7. The molecule has 2 rings (SSSR count). The summed E-state index contributed by atoms with van der Waals surface area (Å²) < 4.78 is 5.76. The van der Waals surface area contributed by atoms with Crippen molar-refractivity contribution in [3.63, 3.8) is 0 Å². The van der Waals surface area contributed by atoms with E-state index in [0.717, 1.165) is 32.5 Å². The maximum atomic E-state index is 11.8. The summed E-state index contributed by atoms with van der Waals surface area (Å²) in [6.45, 7) is 8.03. The fourth-order valence-corrected chi connectivity index (χ4v) is 3.03. The molecular weight excluding hydrogens is 254 g/mol. The van der Waals surface area contributed by atoms with Gasteiger partial charge in [0.1, 0.15) is 0 Å². The fourth-order valence-electron chi connectivity index (χ4n) is 3.03. The number of nitrogens with zero attached hydrogens (tertiary/aromatic N) is 1. The lowest BCUT2D eigenvalue weighted by molar-refractivity contribution is -0.123. The fraction of sp³-hybridized carbons (Fsp3) is 0.933. The van der Waals surface area contributed by atoms with E-state index in [-0.39, 0.29) is 11.9 Å². The highest BCUT2D eigenvalue weighted by Crippen LogP contribution is 2.08. The van der Waals surface area contributed by atoms with Gasteiger partial charge in [-0.25, -0.2) is 0 Å². The minimum absolute atomic E-state index is 0.116. The normalized spacial score (nSPS) is 22.9. The molecule has 5 nitrogen and oxygen atoms in total. The molecule has 2 aliphatic rings. The molecule has 116 valence electrons. The second-order valence-corrected chi connectivity index (χ2v) is 6.05. The molecule has 1 atom stereocenters. The average molecular weight is 283 g/mol. The van der Waals surface area contributed by atoms with Crippen LogP contribution in [0.5, 0.6) is 0 Å². The van der Waals surface area contributed by atoms with Gasteiger partial charge in [-0.15, -0.1) is 0 Å². The van der Waals surface area contributed by atoms with E-state index in [0.29, 0.717) is 19.1 Å². The number of hydrogen-bond donors (Lipinski definition) is 2. The molecule has 20 heavy (non-hydrogen) atoms. The molecule has 0 bridgehead atoms. The Hall–Kier alpha value is -0.650. The minimum Gasteiger partial charge on any atom is -0.378 e. The van der Waals surface area contributed by atoms with Crippen LogP contribution in [0.3, 0.4) is 0 Å². The number of piperidine rings is 1. The molecule has 2 heterocycles. The largest absolute Gasteiger partial charge is 0.378 e. The van der Waals surface area contributed by atoms with Crippen LogP contribution in [0.25, 0.3) is 0 Å². The van der Waals surface area contributed by atoms with Crippen molar-refractivity contribution < 1.29 is 9.53 Å². The number of rotatable bonds is 7. The third-order valence-electron chi connectivity index (χ3n) is 4.11. The van der Waals surface area contributed by atoms with E-state index in [1.54, 1.807) is 0 Å². The summed E-state index contributed by atoms with van der Waals surface area (Å²) in [5, 5.41) is 6.38. The van der Waals surface area contributed by atoms with Crippen molar-refractivity contribution in [2.45, 2.75) is 51.2 Å². The number of nitrogens with one attached hydrogen (secondary N) is 2. The number of carbonyl (C=O) groups is 1. The first-order valence-electron chi connectivity index (χ1n) is 8.08. The van der Waals surface area contributed by atoms with Crippen molar-refractivity contribution in [1.82, 2.24) is 15.5 Å². The molecule has 5 heteroatoms. The van der Waals surface area contributed by atoms with Crippen LogP contribution in [0.1, 0.15) is 39.0 Å². The van der Waals surface area contributed by atoms with Gasteiger partial charge in [0.25, 0.3) is 0 Å². The SMILES string of the molecule is CC(CN1CCCC1)NC(=O)CCOC1CCNCC1. The first-order chi connectivity index (χ1) is 9.74. The molecule has 0 aromatic carbocycles. The van der Waals surface area contributed by atoms with E-state index >= 15 is 0 Å². The number of amides is 1. The Morgan fingerprint density at radius 2 is 2.05 bits per heavy atom. The molecular formula is C15H29N3O2. The minimum atomic E-state index is 0.116. The molecule has 2 N–H and O–H groups in total. The summed E-state index contributed by atoms with van der Waals surface area (Å²) in [6, 6.07) is 0.236. The Kier molecular flexibility index (Phi) is 6.76. The number of hydrogen-bond acceptors (Lipinski definition) is 4. The molecule has 2 fully saturated rings. The summed E-state index contributed by atoms with van der Waals surface area (Å²) in [5.74, 6) is 0.116. The molecule has 0 aromatic heterocycles. The topological polar surface area (TPSA) is 53.6 Å². The maximum absolute atomic E-state index is 11.8. The number of ether oxygens (including phenoxy) is 1. The van der Waals surface area contributed by atoms with Gasteiger partial charge in [-0.3, -0.25) is 4.79 Å². The summed E-state index contributed by atoms with van der Waals surface area (Å²) in [6.07, 6.45) is 5.54. The zero-order valence-corrected chi connectivity index (χ0v) is 12.7. The summed E-state index contributed by atoms with van der Waals surface area (Å²) in [7, 11) is 0. The molecule has 0 aliphatic carbocycles. The zero-order chi connectivity index (χ0) is 14.2. The van der Waals surface area contributed by atoms with Crippen LogP contribution in [0.2, 0.25) is 0 Å². The van der Waals surface area contributed by atoms with Crippen molar-refractivity contribution in [3.05, 3.63) is 0 Å². The molecule has 0 spiro atoms. The number of carbonyl (C=O) groups excluding carboxylic acids is 1. The van der Waals surface area contributed by atoms with Crippen molar-refractivity contribution in [1.29, 1.82) is 0 Å². The van der Waals surface area contributed by atoms with E-state index in [9.17, 15) is 4.79 Å². The molecule has 0 saturated carbocycles. The highest BCUT2D eigenvalue weighted by Gasteiger charge is 2.17. The summed E-state index contributed by atoms with van der Waals surface area (Å²) >= 11 is 0. The quantitative estimate of drug-likeness (QED) is 0.724. The van der Waals surface area contributed by atoms with Gasteiger partial charge < -0.3 is 20.3 Å². The summed E-state index contributed by atoms with van der Waals surface area (Å²) in [4.78, 5) is 14.3. The van der Waals surface area contributed by atoms with Gasteiger partial charge in [-0.1, -0.05) is 0 Å². The molecule has 1 amide bonds. The number of likely N-dealkylation sites (tertiary alicyclic amines) is 1. The van der Waals surface area contributed by atoms with Gasteiger partial charge in [0.15, 0.2) is 0 Å². The van der Waals surface area contributed by atoms with Crippen LogP contribution in [-0.2, 0) is 9.53 Å². The smallest absolute Gasteiger partial charge is 0.222 e. The Balaban J connectivity index is 1.52. The van der Waals surface area contributed by atoms with E-state index in [1.165, 1.54) is 25.9 Å². The standard InChI is InChI=1S/C15H29N3O2/c1-13(12-18-9-2-3-10-18)17-15(19)6-11-20-14-4-7-16-8-5-14/h13-14,16H,2-12H2,1H3,(H,17,19). The predicted molar refractivity (Wildman–Crippen MR) is 79.7 cm³/mol. The van der Waals surface area contributed by atoms with Gasteiger partial charge in [0, 0.05) is 19.0 Å². The van der Waals surface area contributed by atoms with Gasteiger partial charge in [0.2, 0.25) is 5.91 Å². The van der Waals surface area contributed by atoms with Crippen LogP contribution >= 0.6 is 0 Å². The Morgan fingerprint density at radius 3 is 2.75 bits per heavy atom. The van der Waals surface area contributed by atoms with Crippen LogP contribution in [0, 0.1) is 0 Å². The Morgan fingerprint density at radius 1 is 1.35 bits per heavy atom. The maximum Gasteiger partial charge on any atom is 0.222 e. The van der Waals surface area contributed by atoms with Gasteiger partial charge >= 0.3 is 0 Å². The lowest BCUT2D eigenvalue weighted by atomic mass is 10.1. The van der Waals surface area contributed by atoms with Crippen LogP contribution in [-0.4, -0.2) is 62.3 Å². The lowest BCUT2D eigenvalue weighted by Crippen LogP contribution is -2.41. The molecule has 2 saturated heterocycles. The van der Waals surface area contributed by atoms with Crippen molar-refractivity contribution in [2.75, 3.05) is 39.3 Å². The highest BCUT2D eigenvalue weighted by atomic mass is 16.5. The first-order valence-corrected chi connectivity index (χ1v) is 8.08. The highest BCUT2D eigenvalue weighted by molar-refractivity contribution is 5.76. The Bertz CT molecular complexity index is 287. The van der Waals surface area contributed by atoms with Gasteiger partial charge in [-0.05, 0) is 58.8 Å². The van der Waals surface area contributed by atoms with Crippen LogP contribution < -0.4 is 10.6 Å². The van der Waals surface area contributed by atoms with Crippen LogP contribution in [0.15, 0.2) is 0 Å². The molecule has 0 radical (unpaired) electrons. The van der Waals surface area contributed by atoms with E-state index in [1.807, 2.05) is 0 Å². The third kappa shape index (κ3) is 5.77. The second kappa shape index (κ2) is 8.60. The lowest BCUT2D eigenvalue weighted by Gasteiger charge is -2.23. The van der Waals surface area contributed by atoms with E-state index < -0.39 is 0 Å². The molecule has 0 aromatic rings. The van der Waals surface area contributed by atoms with Crippen LogP contribution in [0.4, 0.5) is 0 Å². The first kappa shape index (κ1) is 15.7. The molecule has 1 unspecified atom stereocenters. The van der Waals surface area contributed by atoms with Gasteiger partial charge in [0.05, 0.1) is 12.7 Å². The summed E-state index contributed by atoms with van der Waals surface area (Å²) in [5.41, 5.74) is 0. The monoisotopic (exact) mass is 283 g/mol. The average Bonchev–Trinajstić information content (AvgIpc) is 2.92. The molecule has 2 aliphatic heterocycles.